The third-order valence-electron chi connectivity index (χ3n) is 5.61. The van der Waals surface area contributed by atoms with Crippen molar-refractivity contribution in [3.63, 3.8) is 0 Å². The number of fused-ring (bicyclic) bond motifs is 1. The van der Waals surface area contributed by atoms with Gasteiger partial charge in [0.05, 0.1) is 6.54 Å². The zero-order valence-electron chi connectivity index (χ0n) is 17.1. The number of halogens is 3. The minimum atomic E-state index is -4.74. The second-order valence-electron chi connectivity index (χ2n) is 7.91. The summed E-state index contributed by atoms with van der Waals surface area (Å²) in [7, 11) is 0. The molecular formula is C21H25F3N4O3. The molecule has 0 spiro atoms. The summed E-state index contributed by atoms with van der Waals surface area (Å²) in [5.41, 5.74) is 2.74. The number of anilines is 1. The van der Waals surface area contributed by atoms with Crippen LogP contribution in [0.2, 0.25) is 0 Å². The van der Waals surface area contributed by atoms with Crippen molar-refractivity contribution in [3.05, 3.63) is 41.3 Å². The van der Waals surface area contributed by atoms with E-state index in [9.17, 15) is 18.0 Å². The number of hydrogen-bond donors (Lipinski definition) is 1. The van der Waals surface area contributed by atoms with E-state index >= 15 is 0 Å². The number of nitrogens with one attached hydrogen (secondary N) is 1. The summed E-state index contributed by atoms with van der Waals surface area (Å²) < 4.78 is 45.9. The average Bonchev–Trinajstić information content (AvgIpc) is 3.13. The van der Waals surface area contributed by atoms with Gasteiger partial charge in [0.2, 0.25) is 5.91 Å². The zero-order valence-corrected chi connectivity index (χ0v) is 17.1. The number of amides is 1. The second-order valence-corrected chi connectivity index (χ2v) is 7.91. The molecule has 0 atom stereocenters. The van der Waals surface area contributed by atoms with Crippen LogP contribution in [0.25, 0.3) is 0 Å². The lowest BCUT2D eigenvalue weighted by Gasteiger charge is -2.34. The molecule has 2 aliphatic rings. The van der Waals surface area contributed by atoms with E-state index in [1.807, 2.05) is 0 Å². The third-order valence-corrected chi connectivity index (χ3v) is 5.61. The molecule has 2 aromatic rings. The predicted molar refractivity (Wildman–Crippen MR) is 107 cm³/mol. The first-order chi connectivity index (χ1) is 14.9. The fraction of sp³-hybridized carbons (Fsp3) is 0.524. The quantitative estimate of drug-likeness (QED) is 0.747. The molecule has 31 heavy (non-hydrogen) atoms. The number of hydrogen-bond acceptors (Lipinski definition) is 6. The van der Waals surface area contributed by atoms with Crippen molar-refractivity contribution in [1.29, 1.82) is 0 Å². The number of piperazine rings is 1. The Morgan fingerprint density at radius 2 is 1.74 bits per heavy atom. The molecule has 1 N–H and O–H groups in total. The maximum Gasteiger partial charge on any atom is 0.573 e. The molecule has 0 bridgehead atoms. The van der Waals surface area contributed by atoms with Crippen molar-refractivity contribution in [2.45, 2.75) is 38.6 Å². The van der Waals surface area contributed by atoms with Gasteiger partial charge in [0, 0.05) is 50.4 Å². The van der Waals surface area contributed by atoms with Gasteiger partial charge in [-0.2, -0.15) is 0 Å². The van der Waals surface area contributed by atoms with E-state index in [1.165, 1.54) is 36.2 Å². The SMILES string of the molecule is O=C(CN1CCN(Cc2noc3c2CCCC3)CC1)Nc1ccc(OC(F)(F)F)cc1. The van der Waals surface area contributed by atoms with Crippen molar-refractivity contribution in [3.8, 4) is 5.75 Å². The number of aryl methyl sites for hydroxylation is 1. The lowest BCUT2D eigenvalue weighted by Crippen LogP contribution is -2.48. The summed E-state index contributed by atoms with van der Waals surface area (Å²) in [4.78, 5) is 16.7. The highest BCUT2D eigenvalue weighted by Gasteiger charge is 2.31. The van der Waals surface area contributed by atoms with Crippen LogP contribution in [0, 0.1) is 0 Å². The van der Waals surface area contributed by atoms with Gasteiger partial charge in [0.15, 0.2) is 0 Å². The van der Waals surface area contributed by atoms with Crippen LogP contribution in [-0.2, 0) is 24.2 Å². The number of alkyl halides is 3. The number of carbonyl (C=O) groups excluding carboxylic acids is 1. The van der Waals surface area contributed by atoms with Crippen molar-refractivity contribution in [1.82, 2.24) is 15.0 Å². The Bertz CT molecular complexity index is 890. The van der Waals surface area contributed by atoms with Crippen LogP contribution < -0.4 is 10.1 Å². The topological polar surface area (TPSA) is 70.8 Å². The highest BCUT2D eigenvalue weighted by Crippen LogP contribution is 2.26. The lowest BCUT2D eigenvalue weighted by molar-refractivity contribution is -0.274. The standard InChI is InChI=1S/C21H25F3N4O3/c22-21(23,24)30-16-7-5-15(6-8-16)25-20(29)14-28-11-9-27(10-12-28)13-18-17-3-1-2-4-19(17)31-26-18/h5-8H,1-4,9-14H2,(H,25,29). The van der Waals surface area contributed by atoms with Crippen LogP contribution in [-0.4, -0.2) is 59.9 Å². The van der Waals surface area contributed by atoms with Crippen LogP contribution in [0.4, 0.5) is 18.9 Å². The van der Waals surface area contributed by atoms with E-state index in [1.54, 1.807) is 0 Å². The second kappa shape index (κ2) is 9.27. The molecule has 7 nitrogen and oxygen atoms in total. The van der Waals surface area contributed by atoms with Crippen LogP contribution in [0.15, 0.2) is 28.8 Å². The van der Waals surface area contributed by atoms with Gasteiger partial charge in [-0.3, -0.25) is 14.6 Å². The monoisotopic (exact) mass is 438 g/mol. The largest absolute Gasteiger partial charge is 0.573 e. The van der Waals surface area contributed by atoms with Crippen molar-refractivity contribution < 1.29 is 27.2 Å². The molecule has 2 heterocycles. The number of benzene rings is 1. The highest BCUT2D eigenvalue weighted by molar-refractivity contribution is 5.92. The fourth-order valence-electron chi connectivity index (χ4n) is 4.03. The van der Waals surface area contributed by atoms with Crippen molar-refractivity contribution >= 4 is 11.6 Å². The Morgan fingerprint density at radius 1 is 1.06 bits per heavy atom. The first kappa shape index (κ1) is 21.6. The van der Waals surface area contributed by atoms with Gasteiger partial charge < -0.3 is 14.6 Å². The molecule has 1 fully saturated rings. The van der Waals surface area contributed by atoms with E-state index in [0.29, 0.717) is 5.69 Å². The number of nitrogens with zero attached hydrogens (tertiary/aromatic N) is 3. The molecule has 1 aromatic heterocycles. The number of rotatable bonds is 6. The lowest BCUT2D eigenvalue weighted by atomic mass is 9.96. The minimum Gasteiger partial charge on any atom is -0.406 e. The van der Waals surface area contributed by atoms with Gasteiger partial charge >= 0.3 is 6.36 Å². The smallest absolute Gasteiger partial charge is 0.406 e. The van der Waals surface area contributed by atoms with Gasteiger partial charge in [-0.15, -0.1) is 13.2 Å². The molecule has 10 heteroatoms. The first-order valence-corrected chi connectivity index (χ1v) is 10.4. The molecule has 1 aliphatic carbocycles. The molecule has 0 saturated carbocycles. The number of carbonyl (C=O) groups is 1. The molecule has 168 valence electrons. The summed E-state index contributed by atoms with van der Waals surface area (Å²) in [6, 6.07) is 5.11. The molecule has 1 aliphatic heterocycles. The van der Waals surface area contributed by atoms with Crippen LogP contribution in [0.3, 0.4) is 0 Å². The maximum atomic E-state index is 12.3. The molecule has 0 unspecified atom stereocenters. The van der Waals surface area contributed by atoms with Gasteiger partial charge in [0.25, 0.3) is 0 Å². The van der Waals surface area contributed by atoms with Crippen LogP contribution in [0.5, 0.6) is 5.75 Å². The average molecular weight is 438 g/mol. The normalized spacial score (nSPS) is 17.9. The van der Waals surface area contributed by atoms with Crippen molar-refractivity contribution in [2.24, 2.45) is 0 Å². The first-order valence-electron chi connectivity index (χ1n) is 10.4. The summed E-state index contributed by atoms with van der Waals surface area (Å²) in [6.45, 7) is 4.17. The van der Waals surface area contributed by atoms with E-state index < -0.39 is 6.36 Å². The number of ether oxygens (including phenoxy) is 1. The molecule has 1 saturated heterocycles. The van der Waals surface area contributed by atoms with Crippen LogP contribution >= 0.6 is 0 Å². The molecule has 0 radical (unpaired) electrons. The molecule has 4 rings (SSSR count). The molecule has 1 aromatic carbocycles. The van der Waals surface area contributed by atoms with E-state index in [0.717, 1.165) is 63.4 Å². The summed E-state index contributed by atoms with van der Waals surface area (Å²) >= 11 is 0. The van der Waals surface area contributed by atoms with E-state index in [4.69, 9.17) is 4.52 Å². The Morgan fingerprint density at radius 3 is 2.45 bits per heavy atom. The Kier molecular flexibility index (Phi) is 6.47. The van der Waals surface area contributed by atoms with Gasteiger partial charge in [-0.05, 0) is 43.5 Å². The Labute approximate surface area is 178 Å². The fourth-order valence-corrected chi connectivity index (χ4v) is 4.03. The maximum absolute atomic E-state index is 12.3. The van der Waals surface area contributed by atoms with Crippen molar-refractivity contribution in [2.75, 3.05) is 38.0 Å². The Hall–Kier alpha value is -2.59. The van der Waals surface area contributed by atoms with Gasteiger partial charge in [-0.25, -0.2) is 0 Å². The van der Waals surface area contributed by atoms with E-state index in [2.05, 4.69) is 25.0 Å². The summed E-state index contributed by atoms with van der Waals surface area (Å²) in [5.74, 6) is 0.507. The van der Waals surface area contributed by atoms with Gasteiger partial charge in [0.1, 0.15) is 17.2 Å². The third kappa shape index (κ3) is 5.98. The molecule has 1 amide bonds. The minimum absolute atomic E-state index is 0.205. The Balaban J connectivity index is 1.21. The predicted octanol–water partition coefficient (Wildman–Crippen LogP) is 3.21. The zero-order chi connectivity index (χ0) is 21.8. The summed E-state index contributed by atoms with van der Waals surface area (Å²) in [6.07, 6.45) is -0.378. The number of aromatic nitrogens is 1. The highest BCUT2D eigenvalue weighted by atomic mass is 19.4. The van der Waals surface area contributed by atoms with Gasteiger partial charge in [-0.1, -0.05) is 5.16 Å². The van der Waals surface area contributed by atoms with Crippen LogP contribution in [0.1, 0.15) is 29.9 Å². The summed E-state index contributed by atoms with van der Waals surface area (Å²) in [5, 5.41) is 6.97. The molecular weight excluding hydrogens is 413 g/mol. The van der Waals surface area contributed by atoms with E-state index in [-0.39, 0.29) is 18.2 Å².